The van der Waals surface area contributed by atoms with Crippen LogP contribution in [0.4, 0.5) is 0 Å². The van der Waals surface area contributed by atoms with Gasteiger partial charge < -0.3 is 14.3 Å². The van der Waals surface area contributed by atoms with E-state index in [0.717, 1.165) is 32.4 Å². The van der Waals surface area contributed by atoms with E-state index in [1.165, 1.54) is 6.42 Å². The van der Waals surface area contributed by atoms with Crippen molar-refractivity contribution in [3.8, 4) is 0 Å². The van der Waals surface area contributed by atoms with Crippen LogP contribution in [0.5, 0.6) is 0 Å². The SMILES string of the molecule is CCc1noc(C)c1C(=O)N1CCC(C(=O)N2CCCCC2)C1. The number of likely N-dealkylation sites (tertiary alicyclic amines) is 2. The first-order valence-corrected chi connectivity index (χ1v) is 8.65. The Morgan fingerprint density at radius 1 is 1.17 bits per heavy atom. The second-order valence-corrected chi connectivity index (χ2v) is 6.54. The lowest BCUT2D eigenvalue weighted by Crippen LogP contribution is -2.41. The topological polar surface area (TPSA) is 66.7 Å². The summed E-state index contributed by atoms with van der Waals surface area (Å²) >= 11 is 0. The third kappa shape index (κ3) is 3.12. The lowest BCUT2D eigenvalue weighted by Gasteiger charge is -2.29. The molecule has 0 N–H and O–H groups in total. The van der Waals surface area contributed by atoms with E-state index in [9.17, 15) is 9.59 Å². The van der Waals surface area contributed by atoms with Crippen molar-refractivity contribution in [2.45, 2.75) is 46.0 Å². The number of rotatable bonds is 3. The maximum atomic E-state index is 12.8. The van der Waals surface area contributed by atoms with Crippen molar-refractivity contribution < 1.29 is 14.1 Å². The first-order chi connectivity index (χ1) is 11.1. The average molecular weight is 319 g/mol. The van der Waals surface area contributed by atoms with Crippen molar-refractivity contribution in [3.05, 3.63) is 17.0 Å². The van der Waals surface area contributed by atoms with Gasteiger partial charge in [-0.2, -0.15) is 0 Å². The van der Waals surface area contributed by atoms with Gasteiger partial charge >= 0.3 is 0 Å². The van der Waals surface area contributed by atoms with Crippen molar-refractivity contribution >= 4 is 11.8 Å². The molecule has 1 atom stereocenters. The number of aryl methyl sites for hydroxylation is 2. The molecule has 0 spiro atoms. The fourth-order valence-electron chi connectivity index (χ4n) is 3.61. The second-order valence-electron chi connectivity index (χ2n) is 6.54. The van der Waals surface area contributed by atoms with Crippen LogP contribution < -0.4 is 0 Å². The van der Waals surface area contributed by atoms with Crippen LogP contribution in [-0.4, -0.2) is 52.9 Å². The Morgan fingerprint density at radius 2 is 1.91 bits per heavy atom. The van der Waals surface area contributed by atoms with Gasteiger partial charge in [0.05, 0.1) is 11.6 Å². The maximum Gasteiger partial charge on any atom is 0.259 e. The van der Waals surface area contributed by atoms with E-state index >= 15 is 0 Å². The molecule has 23 heavy (non-hydrogen) atoms. The molecule has 3 rings (SSSR count). The zero-order chi connectivity index (χ0) is 16.4. The molecule has 0 bridgehead atoms. The number of aromatic nitrogens is 1. The Morgan fingerprint density at radius 3 is 2.61 bits per heavy atom. The van der Waals surface area contributed by atoms with E-state index in [-0.39, 0.29) is 17.7 Å². The van der Waals surface area contributed by atoms with Gasteiger partial charge in [-0.25, -0.2) is 0 Å². The van der Waals surface area contributed by atoms with Gasteiger partial charge in [0.1, 0.15) is 11.3 Å². The number of carbonyl (C=O) groups is 2. The maximum absolute atomic E-state index is 12.8. The van der Waals surface area contributed by atoms with Crippen LogP contribution in [0.3, 0.4) is 0 Å². The van der Waals surface area contributed by atoms with Gasteiger partial charge in [-0.15, -0.1) is 0 Å². The molecule has 2 saturated heterocycles. The van der Waals surface area contributed by atoms with E-state index in [2.05, 4.69) is 5.16 Å². The molecule has 6 nitrogen and oxygen atoms in total. The fourth-order valence-corrected chi connectivity index (χ4v) is 3.61. The minimum atomic E-state index is -0.0534. The molecule has 6 heteroatoms. The van der Waals surface area contributed by atoms with Gasteiger partial charge in [-0.3, -0.25) is 9.59 Å². The third-order valence-corrected chi connectivity index (χ3v) is 4.97. The van der Waals surface area contributed by atoms with Crippen LogP contribution in [0.1, 0.15) is 54.4 Å². The lowest BCUT2D eigenvalue weighted by molar-refractivity contribution is -0.135. The van der Waals surface area contributed by atoms with Crippen LogP contribution in [0, 0.1) is 12.8 Å². The van der Waals surface area contributed by atoms with Crippen molar-refractivity contribution in [2.75, 3.05) is 26.2 Å². The number of carbonyl (C=O) groups excluding carboxylic acids is 2. The van der Waals surface area contributed by atoms with Gasteiger partial charge in [-0.05, 0) is 39.0 Å². The Bertz CT molecular complexity index is 590. The van der Waals surface area contributed by atoms with E-state index in [0.29, 0.717) is 36.5 Å². The average Bonchev–Trinajstić information content (AvgIpc) is 3.21. The standard InChI is InChI=1S/C17H25N3O3/c1-3-14-15(12(2)23-18-14)17(22)20-10-7-13(11-20)16(21)19-8-5-4-6-9-19/h13H,3-11H2,1-2H3. The highest BCUT2D eigenvalue weighted by atomic mass is 16.5. The molecular formula is C17H25N3O3. The van der Waals surface area contributed by atoms with Crippen LogP contribution in [0.2, 0.25) is 0 Å². The van der Waals surface area contributed by atoms with Crippen LogP contribution >= 0.6 is 0 Å². The fraction of sp³-hybridized carbons (Fsp3) is 0.706. The summed E-state index contributed by atoms with van der Waals surface area (Å²) in [4.78, 5) is 29.1. The zero-order valence-electron chi connectivity index (χ0n) is 14.0. The molecule has 0 radical (unpaired) electrons. The molecule has 1 aromatic rings. The first kappa shape index (κ1) is 16.0. The molecule has 0 aliphatic carbocycles. The lowest BCUT2D eigenvalue weighted by atomic mass is 10.0. The molecule has 1 aromatic heterocycles. The minimum absolute atomic E-state index is 0.0467. The van der Waals surface area contributed by atoms with E-state index in [1.807, 2.05) is 11.8 Å². The predicted octanol–water partition coefficient (Wildman–Crippen LogP) is 2.02. The first-order valence-electron chi connectivity index (χ1n) is 8.65. The van der Waals surface area contributed by atoms with Crippen molar-refractivity contribution in [2.24, 2.45) is 5.92 Å². The van der Waals surface area contributed by atoms with Gasteiger partial charge in [0.2, 0.25) is 5.91 Å². The number of piperidine rings is 1. The van der Waals surface area contributed by atoms with Crippen molar-refractivity contribution in [1.29, 1.82) is 0 Å². The number of amides is 2. The van der Waals surface area contributed by atoms with Crippen LogP contribution in [0.15, 0.2) is 4.52 Å². The van der Waals surface area contributed by atoms with Crippen molar-refractivity contribution in [3.63, 3.8) is 0 Å². The highest BCUT2D eigenvalue weighted by Gasteiger charge is 2.35. The Balaban J connectivity index is 1.66. The Hall–Kier alpha value is -1.85. The third-order valence-electron chi connectivity index (χ3n) is 4.97. The molecule has 2 aliphatic heterocycles. The van der Waals surface area contributed by atoms with Crippen LogP contribution in [-0.2, 0) is 11.2 Å². The molecule has 2 aliphatic rings. The predicted molar refractivity (Wildman–Crippen MR) is 85.1 cm³/mol. The monoisotopic (exact) mass is 319 g/mol. The molecule has 1 unspecified atom stereocenters. The summed E-state index contributed by atoms with van der Waals surface area (Å²) in [7, 11) is 0. The smallest absolute Gasteiger partial charge is 0.259 e. The normalized spacial score (nSPS) is 21.7. The summed E-state index contributed by atoms with van der Waals surface area (Å²) in [6, 6.07) is 0. The quantitative estimate of drug-likeness (QED) is 0.855. The van der Waals surface area contributed by atoms with E-state index in [4.69, 9.17) is 4.52 Å². The summed E-state index contributed by atoms with van der Waals surface area (Å²) in [5, 5.41) is 3.96. The van der Waals surface area contributed by atoms with E-state index < -0.39 is 0 Å². The largest absolute Gasteiger partial charge is 0.361 e. The highest BCUT2D eigenvalue weighted by molar-refractivity contribution is 5.96. The van der Waals surface area contributed by atoms with Gasteiger partial charge in [0.25, 0.3) is 5.91 Å². The minimum Gasteiger partial charge on any atom is -0.361 e. The number of hydrogen-bond donors (Lipinski definition) is 0. The second kappa shape index (κ2) is 6.72. The number of nitrogens with zero attached hydrogens (tertiary/aromatic N) is 3. The Labute approximate surface area is 136 Å². The molecular weight excluding hydrogens is 294 g/mol. The molecule has 2 fully saturated rings. The van der Waals surface area contributed by atoms with Crippen molar-refractivity contribution in [1.82, 2.24) is 15.0 Å². The molecule has 126 valence electrons. The van der Waals surface area contributed by atoms with Gasteiger partial charge in [-0.1, -0.05) is 12.1 Å². The van der Waals surface area contributed by atoms with E-state index in [1.54, 1.807) is 11.8 Å². The molecule has 0 aromatic carbocycles. The molecule has 3 heterocycles. The highest BCUT2D eigenvalue weighted by Crippen LogP contribution is 2.24. The van der Waals surface area contributed by atoms with Gasteiger partial charge in [0.15, 0.2) is 0 Å². The summed E-state index contributed by atoms with van der Waals surface area (Å²) in [6.07, 6.45) is 4.84. The summed E-state index contributed by atoms with van der Waals surface area (Å²) in [5.74, 6) is 0.687. The van der Waals surface area contributed by atoms with Crippen LogP contribution in [0.25, 0.3) is 0 Å². The number of hydrogen-bond acceptors (Lipinski definition) is 4. The Kier molecular flexibility index (Phi) is 4.68. The van der Waals surface area contributed by atoms with Gasteiger partial charge in [0, 0.05) is 26.2 Å². The summed E-state index contributed by atoms with van der Waals surface area (Å²) < 4.78 is 5.16. The summed E-state index contributed by atoms with van der Waals surface area (Å²) in [5.41, 5.74) is 1.29. The molecule has 2 amide bonds. The molecule has 0 saturated carbocycles. The zero-order valence-corrected chi connectivity index (χ0v) is 14.0. The summed E-state index contributed by atoms with van der Waals surface area (Å²) in [6.45, 7) is 6.62.